The molecule has 4 heteroatoms. The molecule has 0 saturated carbocycles. The van der Waals surface area contributed by atoms with Crippen molar-refractivity contribution >= 4 is 11.3 Å². The van der Waals surface area contributed by atoms with E-state index < -0.39 is 0 Å². The average Bonchev–Trinajstić information content (AvgIpc) is 2.88. The first-order valence-electron chi connectivity index (χ1n) is 5.51. The van der Waals surface area contributed by atoms with E-state index in [-0.39, 0.29) is 0 Å². The van der Waals surface area contributed by atoms with Gasteiger partial charge in [0.15, 0.2) is 0 Å². The van der Waals surface area contributed by atoms with Crippen LogP contribution in [-0.4, -0.2) is 15.8 Å². The Bertz CT molecular complexity index is 394. The van der Waals surface area contributed by atoms with Crippen LogP contribution in [0.5, 0.6) is 0 Å². The zero-order valence-electron chi connectivity index (χ0n) is 9.63. The van der Waals surface area contributed by atoms with Gasteiger partial charge in [0, 0.05) is 24.5 Å². The standard InChI is InChI=1S/C12H17N3S/c1-10(8-15-6-3-5-13-15)14-11(2)12-4-7-16-9-12/h3-7,9-11,14H,8H2,1-2H3. The second-order valence-corrected chi connectivity index (χ2v) is 4.85. The van der Waals surface area contributed by atoms with E-state index in [0.717, 1.165) is 6.54 Å². The minimum atomic E-state index is 0.400. The highest BCUT2D eigenvalue weighted by Gasteiger charge is 2.09. The molecule has 0 radical (unpaired) electrons. The van der Waals surface area contributed by atoms with E-state index in [1.165, 1.54) is 5.56 Å². The van der Waals surface area contributed by atoms with Crippen LogP contribution >= 0.6 is 11.3 Å². The predicted octanol–water partition coefficient (Wildman–Crippen LogP) is 2.68. The van der Waals surface area contributed by atoms with Gasteiger partial charge in [-0.15, -0.1) is 0 Å². The van der Waals surface area contributed by atoms with Crippen LogP contribution in [0.2, 0.25) is 0 Å². The lowest BCUT2D eigenvalue weighted by molar-refractivity contribution is 0.413. The van der Waals surface area contributed by atoms with Gasteiger partial charge in [0.1, 0.15) is 0 Å². The van der Waals surface area contributed by atoms with E-state index in [0.29, 0.717) is 12.1 Å². The molecule has 2 rings (SSSR count). The molecular formula is C12H17N3S. The molecule has 0 aliphatic heterocycles. The molecule has 0 aromatic carbocycles. The maximum atomic E-state index is 4.20. The number of nitrogens with zero attached hydrogens (tertiary/aromatic N) is 2. The first-order valence-corrected chi connectivity index (χ1v) is 6.45. The molecule has 16 heavy (non-hydrogen) atoms. The summed E-state index contributed by atoms with van der Waals surface area (Å²) >= 11 is 1.74. The average molecular weight is 235 g/mol. The molecule has 0 amide bonds. The van der Waals surface area contributed by atoms with Crippen LogP contribution in [0, 0.1) is 0 Å². The molecule has 2 atom stereocenters. The van der Waals surface area contributed by atoms with Gasteiger partial charge >= 0.3 is 0 Å². The normalized spacial score (nSPS) is 14.9. The lowest BCUT2D eigenvalue weighted by Gasteiger charge is -2.19. The van der Waals surface area contributed by atoms with Gasteiger partial charge in [-0.25, -0.2) is 0 Å². The van der Waals surface area contributed by atoms with Crippen LogP contribution in [0.1, 0.15) is 25.5 Å². The van der Waals surface area contributed by atoms with Gasteiger partial charge in [-0.1, -0.05) is 0 Å². The Hall–Kier alpha value is -1.13. The fourth-order valence-corrected chi connectivity index (χ4v) is 2.54. The zero-order chi connectivity index (χ0) is 11.4. The maximum absolute atomic E-state index is 4.20. The fourth-order valence-electron chi connectivity index (χ4n) is 1.79. The van der Waals surface area contributed by atoms with Gasteiger partial charge in [0.05, 0.1) is 6.54 Å². The zero-order valence-corrected chi connectivity index (χ0v) is 10.4. The lowest BCUT2D eigenvalue weighted by atomic mass is 10.1. The summed E-state index contributed by atoms with van der Waals surface area (Å²) in [6.45, 7) is 5.29. The van der Waals surface area contributed by atoms with Gasteiger partial charge in [-0.2, -0.15) is 16.4 Å². The second-order valence-electron chi connectivity index (χ2n) is 4.07. The van der Waals surface area contributed by atoms with Gasteiger partial charge in [0.25, 0.3) is 0 Å². The Kier molecular flexibility index (Phi) is 3.74. The molecule has 0 aliphatic carbocycles. The van der Waals surface area contributed by atoms with Crippen molar-refractivity contribution in [1.29, 1.82) is 0 Å². The Labute approximate surface area is 100 Å². The van der Waals surface area contributed by atoms with E-state index in [9.17, 15) is 0 Å². The lowest BCUT2D eigenvalue weighted by Crippen LogP contribution is -2.32. The summed E-state index contributed by atoms with van der Waals surface area (Å²) in [5.74, 6) is 0. The van der Waals surface area contributed by atoms with Crippen molar-refractivity contribution in [2.75, 3.05) is 0 Å². The van der Waals surface area contributed by atoms with Gasteiger partial charge in [0.2, 0.25) is 0 Å². The number of hydrogen-bond acceptors (Lipinski definition) is 3. The Morgan fingerprint density at radius 1 is 1.50 bits per heavy atom. The van der Waals surface area contributed by atoms with Crippen LogP contribution < -0.4 is 5.32 Å². The molecule has 2 unspecified atom stereocenters. The van der Waals surface area contributed by atoms with Crippen LogP contribution in [0.4, 0.5) is 0 Å². The van der Waals surface area contributed by atoms with Crippen LogP contribution in [0.25, 0.3) is 0 Å². The van der Waals surface area contributed by atoms with Crippen molar-refractivity contribution in [1.82, 2.24) is 15.1 Å². The Morgan fingerprint density at radius 3 is 3.00 bits per heavy atom. The summed E-state index contributed by atoms with van der Waals surface area (Å²) in [6, 6.07) is 4.93. The van der Waals surface area contributed by atoms with E-state index in [4.69, 9.17) is 0 Å². The highest BCUT2D eigenvalue weighted by atomic mass is 32.1. The molecule has 0 aliphatic rings. The summed E-state index contributed by atoms with van der Waals surface area (Å²) in [6.07, 6.45) is 3.81. The first-order chi connectivity index (χ1) is 7.75. The Morgan fingerprint density at radius 2 is 2.38 bits per heavy atom. The monoisotopic (exact) mass is 235 g/mol. The van der Waals surface area contributed by atoms with Crippen LogP contribution in [-0.2, 0) is 6.54 Å². The van der Waals surface area contributed by atoms with Gasteiger partial charge in [-0.3, -0.25) is 4.68 Å². The first kappa shape index (κ1) is 11.4. The smallest absolute Gasteiger partial charge is 0.0560 e. The van der Waals surface area contributed by atoms with Crippen LogP contribution in [0.3, 0.4) is 0 Å². The second kappa shape index (κ2) is 5.27. The third kappa shape index (κ3) is 2.93. The van der Waals surface area contributed by atoms with Crippen molar-refractivity contribution < 1.29 is 0 Å². The van der Waals surface area contributed by atoms with Crippen LogP contribution in [0.15, 0.2) is 35.3 Å². The molecule has 0 bridgehead atoms. The van der Waals surface area contributed by atoms with Crippen molar-refractivity contribution in [3.8, 4) is 0 Å². The predicted molar refractivity (Wildman–Crippen MR) is 67.6 cm³/mol. The third-order valence-electron chi connectivity index (χ3n) is 2.60. The SMILES string of the molecule is CC(Cn1cccn1)NC(C)c1ccsc1. The molecule has 1 N–H and O–H groups in total. The number of rotatable bonds is 5. The summed E-state index contributed by atoms with van der Waals surface area (Å²) < 4.78 is 1.96. The summed E-state index contributed by atoms with van der Waals surface area (Å²) in [4.78, 5) is 0. The number of thiophene rings is 1. The molecule has 2 aromatic heterocycles. The molecule has 0 spiro atoms. The summed E-state index contributed by atoms with van der Waals surface area (Å²) in [5.41, 5.74) is 1.36. The third-order valence-corrected chi connectivity index (χ3v) is 3.30. The molecular weight excluding hydrogens is 218 g/mol. The summed E-state index contributed by atoms with van der Waals surface area (Å²) in [5, 5.41) is 12.1. The highest BCUT2D eigenvalue weighted by Crippen LogP contribution is 2.16. The van der Waals surface area contributed by atoms with Crippen molar-refractivity contribution in [3.63, 3.8) is 0 Å². The maximum Gasteiger partial charge on any atom is 0.0560 e. The molecule has 2 heterocycles. The quantitative estimate of drug-likeness (QED) is 0.863. The minimum absolute atomic E-state index is 0.400. The molecule has 2 aromatic rings. The molecule has 0 saturated heterocycles. The largest absolute Gasteiger partial charge is 0.306 e. The Balaban J connectivity index is 1.85. The number of hydrogen-bond donors (Lipinski definition) is 1. The van der Waals surface area contributed by atoms with Gasteiger partial charge < -0.3 is 5.32 Å². The van der Waals surface area contributed by atoms with Crippen molar-refractivity contribution in [2.24, 2.45) is 0 Å². The van der Waals surface area contributed by atoms with E-state index in [1.54, 1.807) is 11.3 Å². The van der Waals surface area contributed by atoms with Gasteiger partial charge in [-0.05, 0) is 42.3 Å². The summed E-state index contributed by atoms with van der Waals surface area (Å²) in [7, 11) is 0. The highest BCUT2D eigenvalue weighted by molar-refractivity contribution is 7.07. The van der Waals surface area contributed by atoms with E-state index in [1.807, 2.05) is 23.1 Å². The van der Waals surface area contributed by atoms with Crippen molar-refractivity contribution in [3.05, 3.63) is 40.8 Å². The van der Waals surface area contributed by atoms with E-state index in [2.05, 4.69) is 41.1 Å². The topological polar surface area (TPSA) is 29.9 Å². The number of aromatic nitrogens is 2. The molecule has 86 valence electrons. The molecule has 3 nitrogen and oxygen atoms in total. The van der Waals surface area contributed by atoms with E-state index >= 15 is 0 Å². The molecule has 0 fully saturated rings. The number of nitrogens with one attached hydrogen (secondary N) is 1. The fraction of sp³-hybridized carbons (Fsp3) is 0.417. The van der Waals surface area contributed by atoms with Crippen molar-refractivity contribution in [2.45, 2.75) is 32.5 Å². The minimum Gasteiger partial charge on any atom is -0.306 e.